The summed E-state index contributed by atoms with van der Waals surface area (Å²) >= 11 is 1.46. The molecule has 1 aromatic heterocycles. The zero-order valence-electron chi connectivity index (χ0n) is 23.3. The number of piperazine rings is 1. The van der Waals surface area contributed by atoms with Gasteiger partial charge in [0.25, 0.3) is 0 Å². The first kappa shape index (κ1) is 29.4. The fourth-order valence-corrected chi connectivity index (χ4v) is 7.85. The molecule has 0 saturated carbocycles. The van der Waals surface area contributed by atoms with E-state index in [1.54, 1.807) is 6.92 Å². The van der Waals surface area contributed by atoms with Crippen molar-refractivity contribution in [3.05, 3.63) is 16.9 Å². The number of carboxylic acid groups (broad SMARTS) is 1. The number of aromatic nitrogens is 4. The van der Waals surface area contributed by atoms with Gasteiger partial charge < -0.3 is 31.3 Å². The SMILES string of the molecule is C[C@@H](NC(=O)Cn1cnnn1)[C@H]1C(=O)N2C(C(=O)O)=C(SC3CNC(C(=O)N4CCN(CCCN)CC4)C3)[C@H](C)[C@H]12. The lowest BCUT2D eigenvalue weighted by Crippen LogP contribution is -2.66. The Bertz CT molecular complexity index is 1190. The molecule has 41 heavy (non-hydrogen) atoms. The molecule has 1 aromatic rings. The molecular weight excluding hydrogens is 552 g/mol. The van der Waals surface area contributed by atoms with Gasteiger partial charge in [-0.15, -0.1) is 16.9 Å². The molecule has 5 rings (SSSR count). The van der Waals surface area contributed by atoms with Crippen LogP contribution in [0.3, 0.4) is 0 Å². The predicted molar refractivity (Wildman–Crippen MR) is 148 cm³/mol. The van der Waals surface area contributed by atoms with Crippen molar-refractivity contribution >= 4 is 35.5 Å². The lowest BCUT2D eigenvalue weighted by atomic mass is 9.78. The lowest BCUT2D eigenvalue weighted by molar-refractivity contribution is -0.158. The van der Waals surface area contributed by atoms with Crippen molar-refractivity contribution in [3.8, 4) is 0 Å². The maximum Gasteiger partial charge on any atom is 0.353 e. The number of fused-ring (bicyclic) bond motifs is 1. The monoisotopic (exact) mass is 590 g/mol. The third kappa shape index (κ3) is 5.96. The molecule has 5 heterocycles. The number of carbonyl (C=O) groups excluding carboxylic acids is 3. The zero-order chi connectivity index (χ0) is 29.3. The van der Waals surface area contributed by atoms with Crippen molar-refractivity contribution in [2.45, 2.75) is 56.6 Å². The van der Waals surface area contributed by atoms with E-state index in [-0.39, 0.29) is 53.2 Å². The first-order valence-electron chi connectivity index (χ1n) is 14.1. The Labute approximate surface area is 242 Å². The number of rotatable bonds is 11. The van der Waals surface area contributed by atoms with Gasteiger partial charge in [-0.05, 0) is 43.3 Å². The van der Waals surface area contributed by atoms with Crippen molar-refractivity contribution in [1.82, 2.24) is 45.5 Å². The van der Waals surface area contributed by atoms with Crippen molar-refractivity contribution < 1.29 is 24.3 Å². The minimum atomic E-state index is -1.14. The number of thioether (sulfide) groups is 1. The molecule has 0 radical (unpaired) electrons. The molecule has 3 amide bonds. The molecule has 0 aliphatic carbocycles. The Morgan fingerprint density at radius 2 is 2.02 bits per heavy atom. The fourth-order valence-electron chi connectivity index (χ4n) is 6.37. The second-order valence-electron chi connectivity index (χ2n) is 11.1. The van der Waals surface area contributed by atoms with E-state index in [0.29, 0.717) is 37.5 Å². The highest BCUT2D eigenvalue weighted by Crippen LogP contribution is 2.51. The van der Waals surface area contributed by atoms with Crippen LogP contribution in [0, 0.1) is 11.8 Å². The van der Waals surface area contributed by atoms with E-state index in [2.05, 4.69) is 31.1 Å². The van der Waals surface area contributed by atoms with E-state index in [1.807, 2.05) is 11.8 Å². The molecule has 4 aliphatic heterocycles. The fraction of sp³-hybridized carbons (Fsp3) is 0.720. The Hall–Kier alpha value is -3.08. The van der Waals surface area contributed by atoms with Crippen molar-refractivity contribution in [3.63, 3.8) is 0 Å². The molecule has 3 saturated heterocycles. The summed E-state index contributed by atoms with van der Waals surface area (Å²) in [6.45, 7) is 8.85. The molecule has 224 valence electrons. The molecule has 6 atom stereocenters. The highest BCUT2D eigenvalue weighted by Gasteiger charge is 2.60. The van der Waals surface area contributed by atoms with Crippen LogP contribution in [0.25, 0.3) is 0 Å². The van der Waals surface area contributed by atoms with Gasteiger partial charge in [-0.1, -0.05) is 6.92 Å². The first-order chi connectivity index (χ1) is 19.7. The summed E-state index contributed by atoms with van der Waals surface area (Å²) in [4.78, 5) is 57.5. The molecule has 16 heteroatoms. The molecule has 4 aliphatic rings. The topological polar surface area (TPSA) is 192 Å². The van der Waals surface area contributed by atoms with Crippen LogP contribution in [0.2, 0.25) is 0 Å². The van der Waals surface area contributed by atoms with Gasteiger partial charge in [-0.3, -0.25) is 19.3 Å². The van der Waals surface area contributed by atoms with Crippen LogP contribution in [0.1, 0.15) is 26.7 Å². The van der Waals surface area contributed by atoms with Gasteiger partial charge >= 0.3 is 5.97 Å². The Morgan fingerprint density at radius 3 is 2.68 bits per heavy atom. The van der Waals surface area contributed by atoms with Crippen LogP contribution >= 0.6 is 11.8 Å². The van der Waals surface area contributed by atoms with Crippen molar-refractivity contribution in [2.24, 2.45) is 17.6 Å². The van der Waals surface area contributed by atoms with Gasteiger partial charge in [0.1, 0.15) is 18.6 Å². The van der Waals surface area contributed by atoms with Crippen LogP contribution in [0.5, 0.6) is 0 Å². The Morgan fingerprint density at radius 1 is 1.27 bits per heavy atom. The first-order valence-corrected chi connectivity index (χ1v) is 15.0. The summed E-state index contributed by atoms with van der Waals surface area (Å²) < 4.78 is 1.28. The standard InChI is InChI=1S/C25H38N10O5S/c1-14-20-19(15(2)29-18(36)12-34-13-28-30-31-34)24(38)35(20)21(25(39)40)22(14)41-16-10-17(27-11-16)23(37)33-8-6-32(7-9-33)5-3-4-26/h13-17,19-20,27H,3-12,26H2,1-2H3,(H,29,36)(H,39,40)/t14-,15-,16?,17?,19-,20-/m1/s1. The van der Waals surface area contributed by atoms with E-state index in [1.165, 1.54) is 27.7 Å². The Balaban J connectivity index is 1.18. The van der Waals surface area contributed by atoms with Gasteiger partial charge in [0.05, 0.1) is 18.0 Å². The average molecular weight is 591 g/mol. The normalized spacial score (nSPS) is 29.0. The maximum absolute atomic E-state index is 13.2. The summed E-state index contributed by atoms with van der Waals surface area (Å²) in [6.07, 6.45) is 2.86. The molecule has 0 spiro atoms. The molecule has 0 aromatic carbocycles. The molecule has 0 bridgehead atoms. The second kappa shape index (κ2) is 12.4. The van der Waals surface area contributed by atoms with Crippen LogP contribution in [-0.2, 0) is 25.7 Å². The van der Waals surface area contributed by atoms with Crippen LogP contribution in [0.4, 0.5) is 0 Å². The smallest absolute Gasteiger partial charge is 0.353 e. The van der Waals surface area contributed by atoms with E-state index in [4.69, 9.17) is 5.73 Å². The second-order valence-corrected chi connectivity index (χ2v) is 12.5. The summed E-state index contributed by atoms with van der Waals surface area (Å²) in [6, 6.07) is -1.17. The summed E-state index contributed by atoms with van der Waals surface area (Å²) in [5.74, 6) is -2.47. The number of nitrogens with two attached hydrogens (primary N) is 1. The van der Waals surface area contributed by atoms with Crippen LogP contribution < -0.4 is 16.4 Å². The minimum Gasteiger partial charge on any atom is -0.477 e. The molecule has 15 nitrogen and oxygen atoms in total. The number of carbonyl (C=O) groups is 4. The van der Waals surface area contributed by atoms with E-state index in [0.717, 1.165) is 26.1 Å². The molecule has 3 fully saturated rings. The third-order valence-corrected chi connectivity index (χ3v) is 9.97. The number of tetrazole rings is 1. The Kier molecular flexibility index (Phi) is 8.91. The number of carboxylic acids is 1. The number of hydrogen-bond acceptors (Lipinski definition) is 11. The third-order valence-electron chi connectivity index (χ3n) is 8.46. The molecule has 5 N–H and O–H groups in total. The summed E-state index contributed by atoms with van der Waals surface area (Å²) in [7, 11) is 0. The zero-order valence-corrected chi connectivity index (χ0v) is 24.1. The number of amides is 3. The van der Waals surface area contributed by atoms with Crippen molar-refractivity contribution in [2.75, 3.05) is 45.8 Å². The number of nitrogens with one attached hydrogen (secondary N) is 2. The van der Waals surface area contributed by atoms with Crippen molar-refractivity contribution in [1.29, 1.82) is 0 Å². The molecule has 2 unspecified atom stereocenters. The van der Waals surface area contributed by atoms with Gasteiger partial charge in [0.15, 0.2) is 0 Å². The molecular formula is C25H38N10O5S. The average Bonchev–Trinajstić information content (AvgIpc) is 3.68. The summed E-state index contributed by atoms with van der Waals surface area (Å²) in [5, 5.41) is 26.9. The number of nitrogens with zero attached hydrogens (tertiary/aromatic N) is 7. The highest BCUT2D eigenvalue weighted by molar-refractivity contribution is 8.03. The van der Waals surface area contributed by atoms with Gasteiger partial charge in [0.2, 0.25) is 17.7 Å². The maximum atomic E-state index is 13.2. The van der Waals surface area contributed by atoms with Gasteiger partial charge in [0, 0.05) is 54.8 Å². The quantitative estimate of drug-likeness (QED) is 0.206. The van der Waals surface area contributed by atoms with Gasteiger partial charge in [-0.2, -0.15) is 0 Å². The van der Waals surface area contributed by atoms with Crippen LogP contribution in [-0.4, -0.2) is 133 Å². The van der Waals surface area contributed by atoms with E-state index < -0.39 is 17.9 Å². The number of aliphatic carboxylic acids is 1. The number of β-lactam (4-membered cyclic amide) rings is 1. The largest absolute Gasteiger partial charge is 0.477 e. The summed E-state index contributed by atoms with van der Waals surface area (Å²) in [5.41, 5.74) is 5.63. The van der Waals surface area contributed by atoms with E-state index in [9.17, 15) is 24.3 Å². The minimum absolute atomic E-state index is 0.00209. The van der Waals surface area contributed by atoms with Gasteiger partial charge in [-0.25, -0.2) is 9.48 Å². The predicted octanol–water partition coefficient (Wildman–Crippen LogP) is -2.09. The highest BCUT2D eigenvalue weighted by atomic mass is 32.2. The van der Waals surface area contributed by atoms with E-state index >= 15 is 0 Å². The lowest BCUT2D eigenvalue weighted by Gasteiger charge is -2.47. The van der Waals surface area contributed by atoms with Crippen LogP contribution in [0.15, 0.2) is 16.9 Å². The number of hydrogen-bond donors (Lipinski definition) is 4.